The zero-order valence-corrected chi connectivity index (χ0v) is 14.0. The Bertz CT molecular complexity index is 746. The van der Waals surface area contributed by atoms with E-state index in [-0.39, 0.29) is 12.6 Å². The van der Waals surface area contributed by atoms with Crippen LogP contribution >= 0.6 is 0 Å². The smallest absolute Gasteiger partial charge is 0.317 e. The van der Waals surface area contributed by atoms with Gasteiger partial charge in [-0.3, -0.25) is 4.79 Å². The lowest BCUT2D eigenvalue weighted by atomic mass is 9.99. The summed E-state index contributed by atoms with van der Waals surface area (Å²) in [6, 6.07) is 17.4. The van der Waals surface area contributed by atoms with Crippen LogP contribution in [-0.2, 0) is 24.2 Å². The van der Waals surface area contributed by atoms with E-state index >= 15 is 0 Å². The molecule has 0 aromatic heterocycles. The molecule has 5 heteroatoms. The second kappa shape index (κ2) is 7.83. The van der Waals surface area contributed by atoms with Gasteiger partial charge in [-0.05, 0) is 29.5 Å². The van der Waals surface area contributed by atoms with Crippen LogP contribution in [0.15, 0.2) is 54.6 Å². The number of hydrogen-bond donors (Lipinski definition) is 2. The minimum absolute atomic E-state index is 0.126. The summed E-state index contributed by atoms with van der Waals surface area (Å²) >= 11 is 0. The van der Waals surface area contributed by atoms with Crippen LogP contribution in [0.2, 0.25) is 0 Å². The first-order valence-electron chi connectivity index (χ1n) is 8.50. The first kappa shape index (κ1) is 17.0. The number of nitrogens with one attached hydrogen (secondary N) is 1. The molecule has 1 aliphatic heterocycles. The van der Waals surface area contributed by atoms with Crippen LogP contribution in [0, 0.1) is 5.92 Å². The lowest BCUT2D eigenvalue weighted by Crippen LogP contribution is -2.45. The van der Waals surface area contributed by atoms with E-state index in [1.807, 2.05) is 48.5 Å². The maximum Gasteiger partial charge on any atom is 0.317 e. The topological polar surface area (TPSA) is 69.6 Å². The Morgan fingerprint density at radius 2 is 1.72 bits per heavy atom. The highest BCUT2D eigenvalue weighted by molar-refractivity contribution is 5.76. The fourth-order valence-corrected chi connectivity index (χ4v) is 3.14. The molecule has 1 atom stereocenters. The monoisotopic (exact) mass is 338 g/mol. The van der Waals surface area contributed by atoms with E-state index in [0.717, 1.165) is 17.5 Å². The Labute approximate surface area is 147 Å². The molecule has 5 nitrogen and oxygen atoms in total. The second-order valence-electron chi connectivity index (χ2n) is 6.35. The number of hydrogen-bond acceptors (Lipinski definition) is 2. The molecule has 1 unspecified atom stereocenters. The van der Waals surface area contributed by atoms with E-state index in [0.29, 0.717) is 19.5 Å². The molecule has 1 aliphatic rings. The molecule has 2 aromatic carbocycles. The predicted molar refractivity (Wildman–Crippen MR) is 95.2 cm³/mol. The van der Waals surface area contributed by atoms with E-state index in [1.54, 1.807) is 4.90 Å². The maximum atomic E-state index is 12.4. The number of carbonyl (C=O) groups is 2. The molecule has 2 amide bonds. The Kier molecular flexibility index (Phi) is 5.33. The van der Waals surface area contributed by atoms with Crippen molar-refractivity contribution >= 4 is 12.0 Å². The zero-order valence-electron chi connectivity index (χ0n) is 14.0. The van der Waals surface area contributed by atoms with Crippen molar-refractivity contribution in [2.45, 2.75) is 19.4 Å². The fourth-order valence-electron chi connectivity index (χ4n) is 3.14. The summed E-state index contributed by atoms with van der Waals surface area (Å²) in [7, 11) is 0. The molecule has 0 fully saturated rings. The first-order valence-corrected chi connectivity index (χ1v) is 8.50. The highest BCUT2D eigenvalue weighted by atomic mass is 16.4. The molecule has 0 aliphatic carbocycles. The molecule has 1 heterocycles. The number of rotatable bonds is 5. The van der Waals surface area contributed by atoms with Crippen LogP contribution in [-0.4, -0.2) is 35.1 Å². The van der Waals surface area contributed by atoms with Crippen molar-refractivity contribution in [1.82, 2.24) is 10.2 Å². The molecule has 2 aromatic rings. The number of carboxylic acids is 1. The van der Waals surface area contributed by atoms with Gasteiger partial charge in [-0.1, -0.05) is 54.6 Å². The van der Waals surface area contributed by atoms with E-state index in [2.05, 4.69) is 11.4 Å². The van der Waals surface area contributed by atoms with Crippen molar-refractivity contribution in [3.63, 3.8) is 0 Å². The number of carboxylic acid groups (broad SMARTS) is 1. The van der Waals surface area contributed by atoms with Gasteiger partial charge in [0.1, 0.15) is 0 Å². The third kappa shape index (κ3) is 4.38. The largest absolute Gasteiger partial charge is 0.481 e. The highest BCUT2D eigenvalue weighted by Crippen LogP contribution is 2.18. The van der Waals surface area contributed by atoms with Crippen LogP contribution in [0.1, 0.15) is 16.7 Å². The molecular formula is C20H22N2O3. The number of nitrogens with zero attached hydrogens (tertiary/aromatic N) is 1. The Morgan fingerprint density at radius 3 is 2.44 bits per heavy atom. The van der Waals surface area contributed by atoms with Crippen LogP contribution in [0.3, 0.4) is 0 Å². The SMILES string of the molecule is O=C(O)C(CNC(=O)N1CCc2ccccc2C1)Cc1ccccc1. The molecule has 3 rings (SSSR count). The van der Waals surface area contributed by atoms with Gasteiger partial charge in [0.25, 0.3) is 0 Å². The van der Waals surface area contributed by atoms with Gasteiger partial charge in [-0.2, -0.15) is 0 Å². The third-order valence-corrected chi connectivity index (χ3v) is 4.59. The minimum Gasteiger partial charge on any atom is -0.481 e. The van der Waals surface area contributed by atoms with Crippen molar-refractivity contribution in [3.05, 3.63) is 71.3 Å². The van der Waals surface area contributed by atoms with Crippen molar-refractivity contribution in [2.24, 2.45) is 5.92 Å². The number of carbonyl (C=O) groups excluding carboxylic acids is 1. The van der Waals surface area contributed by atoms with Crippen LogP contribution < -0.4 is 5.32 Å². The summed E-state index contributed by atoms with van der Waals surface area (Å²) in [5, 5.41) is 12.2. The van der Waals surface area contributed by atoms with Crippen molar-refractivity contribution in [1.29, 1.82) is 0 Å². The maximum absolute atomic E-state index is 12.4. The number of fused-ring (bicyclic) bond motifs is 1. The molecule has 130 valence electrons. The zero-order chi connectivity index (χ0) is 17.6. The second-order valence-corrected chi connectivity index (χ2v) is 6.35. The van der Waals surface area contributed by atoms with Gasteiger partial charge in [-0.25, -0.2) is 4.79 Å². The van der Waals surface area contributed by atoms with Crippen molar-refractivity contribution in [3.8, 4) is 0 Å². The van der Waals surface area contributed by atoms with Gasteiger partial charge in [0, 0.05) is 19.6 Å². The van der Waals surface area contributed by atoms with Gasteiger partial charge in [0.2, 0.25) is 0 Å². The van der Waals surface area contributed by atoms with E-state index in [4.69, 9.17) is 0 Å². The summed E-state index contributed by atoms with van der Waals surface area (Å²) in [6.07, 6.45) is 1.23. The number of aliphatic carboxylic acids is 1. The molecule has 2 N–H and O–H groups in total. The molecule has 0 saturated heterocycles. The minimum atomic E-state index is -0.895. The summed E-state index contributed by atoms with van der Waals surface area (Å²) in [5.41, 5.74) is 3.39. The molecule has 0 radical (unpaired) electrons. The molecule has 0 bridgehead atoms. The number of urea groups is 1. The number of amides is 2. The predicted octanol–water partition coefficient (Wildman–Crippen LogP) is 2.70. The van der Waals surface area contributed by atoms with Gasteiger partial charge in [-0.15, -0.1) is 0 Å². The number of benzene rings is 2. The third-order valence-electron chi connectivity index (χ3n) is 4.59. The summed E-state index contributed by atoms with van der Waals surface area (Å²) in [6.45, 7) is 1.35. The highest BCUT2D eigenvalue weighted by Gasteiger charge is 2.23. The standard InChI is InChI=1S/C20H22N2O3/c23-19(24)18(12-15-6-2-1-3-7-15)13-21-20(25)22-11-10-16-8-4-5-9-17(16)14-22/h1-9,18H,10-14H2,(H,21,25)(H,23,24). The molecule has 0 spiro atoms. The molecule has 0 saturated carbocycles. The van der Waals surface area contributed by atoms with E-state index in [9.17, 15) is 14.7 Å². The van der Waals surface area contributed by atoms with E-state index in [1.165, 1.54) is 5.56 Å². The van der Waals surface area contributed by atoms with Crippen LogP contribution in [0.4, 0.5) is 4.79 Å². The molecule has 25 heavy (non-hydrogen) atoms. The fraction of sp³-hybridized carbons (Fsp3) is 0.300. The van der Waals surface area contributed by atoms with Gasteiger partial charge in [0.15, 0.2) is 0 Å². The molecular weight excluding hydrogens is 316 g/mol. The average Bonchev–Trinajstić information content (AvgIpc) is 2.65. The lowest BCUT2D eigenvalue weighted by Gasteiger charge is -2.29. The van der Waals surface area contributed by atoms with Gasteiger partial charge >= 0.3 is 12.0 Å². The Hall–Kier alpha value is -2.82. The van der Waals surface area contributed by atoms with Gasteiger partial charge < -0.3 is 15.3 Å². The Morgan fingerprint density at radius 1 is 1.04 bits per heavy atom. The average molecular weight is 338 g/mol. The summed E-state index contributed by atoms with van der Waals surface area (Å²) in [4.78, 5) is 25.6. The first-order chi connectivity index (χ1) is 12.1. The van der Waals surface area contributed by atoms with Crippen LogP contribution in [0.5, 0.6) is 0 Å². The lowest BCUT2D eigenvalue weighted by molar-refractivity contribution is -0.141. The Balaban J connectivity index is 1.56. The van der Waals surface area contributed by atoms with Crippen molar-refractivity contribution < 1.29 is 14.7 Å². The normalized spacial score (nSPS) is 14.5. The van der Waals surface area contributed by atoms with E-state index < -0.39 is 11.9 Å². The van der Waals surface area contributed by atoms with Gasteiger partial charge in [0.05, 0.1) is 5.92 Å². The quantitative estimate of drug-likeness (QED) is 0.881. The van der Waals surface area contributed by atoms with Crippen molar-refractivity contribution in [2.75, 3.05) is 13.1 Å². The summed E-state index contributed by atoms with van der Waals surface area (Å²) in [5.74, 6) is -1.53. The van der Waals surface area contributed by atoms with Crippen LogP contribution in [0.25, 0.3) is 0 Å². The summed E-state index contributed by atoms with van der Waals surface area (Å²) < 4.78 is 0.